The number of hydrogen-bond acceptors (Lipinski definition) is 4. The number of carbonyl (C=O) groups is 2. The fourth-order valence-electron chi connectivity index (χ4n) is 2.67. The van der Waals surface area contributed by atoms with Crippen LogP contribution in [0.15, 0.2) is 78.4 Å². The lowest BCUT2D eigenvalue weighted by Crippen LogP contribution is -2.13. The highest BCUT2D eigenvalue weighted by atomic mass is 35.5. The Balaban J connectivity index is 1.75. The average Bonchev–Trinajstić information content (AvgIpc) is 2.78. The molecule has 0 spiro atoms. The van der Waals surface area contributed by atoms with Gasteiger partial charge >= 0.3 is 5.97 Å². The van der Waals surface area contributed by atoms with E-state index in [1.807, 2.05) is 6.07 Å². The SMILES string of the molecule is N#C/C(=C\c1ccccc1OCc1ccc(C(=O)O)cc1)C(=O)Nc1ccc(Cl)cc1. The van der Waals surface area contributed by atoms with E-state index in [2.05, 4.69) is 5.32 Å². The van der Waals surface area contributed by atoms with E-state index in [1.165, 1.54) is 18.2 Å². The van der Waals surface area contributed by atoms with Gasteiger partial charge in [0.25, 0.3) is 5.91 Å². The van der Waals surface area contributed by atoms with E-state index in [-0.39, 0.29) is 17.7 Å². The number of benzene rings is 3. The van der Waals surface area contributed by atoms with Crippen LogP contribution in [0.2, 0.25) is 5.02 Å². The summed E-state index contributed by atoms with van der Waals surface area (Å²) in [7, 11) is 0. The normalized spacial score (nSPS) is 10.8. The Morgan fingerprint density at radius 3 is 2.35 bits per heavy atom. The first-order chi connectivity index (χ1) is 15.0. The third-order valence-corrected chi connectivity index (χ3v) is 4.53. The molecule has 154 valence electrons. The molecule has 0 bridgehead atoms. The predicted octanol–water partition coefficient (Wildman–Crippen LogP) is 5.16. The van der Waals surface area contributed by atoms with Crippen LogP contribution < -0.4 is 10.1 Å². The molecule has 3 rings (SSSR count). The molecule has 0 fully saturated rings. The number of aromatic carboxylic acids is 1. The summed E-state index contributed by atoms with van der Waals surface area (Å²) in [4.78, 5) is 23.4. The van der Waals surface area contributed by atoms with Crippen molar-refractivity contribution >= 4 is 35.2 Å². The molecule has 0 saturated carbocycles. The lowest BCUT2D eigenvalue weighted by molar-refractivity contribution is -0.112. The predicted molar refractivity (Wildman–Crippen MR) is 118 cm³/mol. The van der Waals surface area contributed by atoms with Crippen molar-refractivity contribution in [2.75, 3.05) is 5.32 Å². The summed E-state index contributed by atoms with van der Waals surface area (Å²) >= 11 is 5.84. The van der Waals surface area contributed by atoms with Crippen molar-refractivity contribution in [2.45, 2.75) is 6.61 Å². The van der Waals surface area contributed by atoms with Crippen LogP contribution in [0.4, 0.5) is 5.69 Å². The van der Waals surface area contributed by atoms with Gasteiger partial charge in [0.05, 0.1) is 5.56 Å². The van der Waals surface area contributed by atoms with E-state index in [9.17, 15) is 14.9 Å². The van der Waals surface area contributed by atoms with E-state index >= 15 is 0 Å². The van der Waals surface area contributed by atoms with Crippen molar-refractivity contribution in [3.8, 4) is 11.8 Å². The fraction of sp³-hybridized carbons (Fsp3) is 0.0417. The number of nitrogens with zero attached hydrogens (tertiary/aromatic N) is 1. The molecule has 6 nitrogen and oxygen atoms in total. The second-order valence-electron chi connectivity index (χ2n) is 6.46. The number of nitriles is 1. The summed E-state index contributed by atoms with van der Waals surface area (Å²) in [6, 6.07) is 21.8. The van der Waals surface area contributed by atoms with Gasteiger partial charge in [0.1, 0.15) is 24.0 Å². The number of carbonyl (C=O) groups excluding carboxylic acids is 1. The number of carboxylic acid groups (broad SMARTS) is 1. The largest absolute Gasteiger partial charge is 0.488 e. The summed E-state index contributed by atoms with van der Waals surface area (Å²) in [5.41, 5.74) is 1.97. The maximum Gasteiger partial charge on any atom is 0.335 e. The molecular formula is C24H17ClN2O4. The van der Waals surface area contributed by atoms with Gasteiger partial charge in [0.2, 0.25) is 0 Å². The summed E-state index contributed by atoms with van der Waals surface area (Å²) in [6.45, 7) is 0.198. The van der Waals surface area contributed by atoms with Gasteiger partial charge in [-0.15, -0.1) is 0 Å². The minimum Gasteiger partial charge on any atom is -0.488 e. The molecule has 0 unspecified atom stereocenters. The molecule has 1 amide bonds. The molecule has 0 heterocycles. The first kappa shape index (κ1) is 21.6. The Morgan fingerprint density at radius 2 is 1.71 bits per heavy atom. The van der Waals surface area contributed by atoms with Crippen molar-refractivity contribution in [2.24, 2.45) is 0 Å². The number of hydrogen-bond donors (Lipinski definition) is 2. The van der Waals surface area contributed by atoms with E-state index < -0.39 is 11.9 Å². The molecule has 0 atom stereocenters. The minimum atomic E-state index is -0.996. The van der Waals surface area contributed by atoms with Gasteiger partial charge in [-0.05, 0) is 54.1 Å². The number of carboxylic acids is 1. The van der Waals surface area contributed by atoms with Crippen molar-refractivity contribution in [3.05, 3.63) is 100 Å². The molecule has 0 aliphatic heterocycles. The molecule has 0 radical (unpaired) electrons. The van der Waals surface area contributed by atoms with Crippen LogP contribution in [0, 0.1) is 11.3 Å². The van der Waals surface area contributed by atoms with Crippen molar-refractivity contribution in [1.82, 2.24) is 0 Å². The van der Waals surface area contributed by atoms with E-state index in [0.29, 0.717) is 22.0 Å². The number of rotatable bonds is 7. The highest BCUT2D eigenvalue weighted by molar-refractivity contribution is 6.30. The fourth-order valence-corrected chi connectivity index (χ4v) is 2.80. The van der Waals surface area contributed by atoms with Gasteiger partial charge in [-0.1, -0.05) is 41.9 Å². The van der Waals surface area contributed by atoms with Gasteiger partial charge in [0, 0.05) is 16.3 Å². The van der Waals surface area contributed by atoms with Gasteiger partial charge in [0.15, 0.2) is 0 Å². The number of amides is 1. The smallest absolute Gasteiger partial charge is 0.335 e. The molecule has 0 aliphatic carbocycles. The zero-order valence-electron chi connectivity index (χ0n) is 16.2. The van der Waals surface area contributed by atoms with Crippen molar-refractivity contribution < 1.29 is 19.4 Å². The monoisotopic (exact) mass is 432 g/mol. The molecule has 3 aromatic rings. The molecule has 0 aromatic heterocycles. The topological polar surface area (TPSA) is 99.4 Å². The molecule has 0 saturated heterocycles. The number of halogens is 1. The molecule has 7 heteroatoms. The number of nitrogens with one attached hydrogen (secondary N) is 1. The van der Waals surface area contributed by atoms with Crippen molar-refractivity contribution in [3.63, 3.8) is 0 Å². The number of anilines is 1. The van der Waals surface area contributed by atoms with Crippen LogP contribution in [-0.4, -0.2) is 17.0 Å². The van der Waals surface area contributed by atoms with Crippen LogP contribution in [0.25, 0.3) is 6.08 Å². The third kappa shape index (κ3) is 5.95. The van der Waals surface area contributed by atoms with E-state index in [0.717, 1.165) is 5.56 Å². The second kappa shape index (κ2) is 10.1. The van der Waals surface area contributed by atoms with Crippen LogP contribution in [0.1, 0.15) is 21.5 Å². The van der Waals surface area contributed by atoms with Gasteiger partial charge in [-0.2, -0.15) is 5.26 Å². The van der Waals surface area contributed by atoms with Crippen LogP contribution >= 0.6 is 11.6 Å². The average molecular weight is 433 g/mol. The highest BCUT2D eigenvalue weighted by Crippen LogP contribution is 2.23. The maximum atomic E-state index is 12.5. The summed E-state index contributed by atoms with van der Waals surface area (Å²) in [5.74, 6) is -1.07. The van der Waals surface area contributed by atoms with Crippen molar-refractivity contribution in [1.29, 1.82) is 5.26 Å². The first-order valence-electron chi connectivity index (χ1n) is 9.19. The first-order valence-corrected chi connectivity index (χ1v) is 9.57. The zero-order valence-corrected chi connectivity index (χ0v) is 17.0. The Morgan fingerprint density at radius 1 is 1.03 bits per heavy atom. The molecular weight excluding hydrogens is 416 g/mol. The van der Waals surface area contributed by atoms with Crippen LogP contribution in [0.3, 0.4) is 0 Å². The van der Waals surface area contributed by atoms with Gasteiger partial charge < -0.3 is 15.2 Å². The van der Waals surface area contributed by atoms with Crippen LogP contribution in [0.5, 0.6) is 5.75 Å². The molecule has 31 heavy (non-hydrogen) atoms. The molecule has 3 aromatic carbocycles. The summed E-state index contributed by atoms with van der Waals surface area (Å²) in [5, 5.41) is 21.6. The lowest BCUT2D eigenvalue weighted by Gasteiger charge is -2.10. The third-order valence-electron chi connectivity index (χ3n) is 4.28. The summed E-state index contributed by atoms with van der Waals surface area (Å²) in [6.07, 6.45) is 1.45. The Bertz CT molecular complexity index is 1160. The lowest BCUT2D eigenvalue weighted by atomic mass is 10.1. The Hall–Kier alpha value is -4.08. The highest BCUT2D eigenvalue weighted by Gasteiger charge is 2.12. The Kier molecular flexibility index (Phi) is 7.05. The van der Waals surface area contributed by atoms with Gasteiger partial charge in [-0.25, -0.2) is 4.79 Å². The zero-order chi connectivity index (χ0) is 22.2. The number of ether oxygens (including phenoxy) is 1. The minimum absolute atomic E-state index is 0.0863. The summed E-state index contributed by atoms with van der Waals surface area (Å²) < 4.78 is 5.83. The molecule has 0 aliphatic rings. The van der Waals surface area contributed by atoms with E-state index in [1.54, 1.807) is 60.7 Å². The molecule has 2 N–H and O–H groups in total. The van der Waals surface area contributed by atoms with E-state index in [4.69, 9.17) is 21.4 Å². The van der Waals surface area contributed by atoms with Gasteiger partial charge in [-0.3, -0.25) is 4.79 Å². The quantitative estimate of drug-likeness (QED) is 0.396. The standard InChI is InChI=1S/C24H17ClN2O4/c25-20-9-11-21(12-10-20)27-23(28)19(14-26)13-18-3-1-2-4-22(18)31-15-16-5-7-17(8-6-16)24(29)30/h1-13H,15H2,(H,27,28)(H,29,30)/b19-13+. The van der Waals surface area contributed by atoms with Crippen LogP contribution in [-0.2, 0) is 11.4 Å². The number of para-hydroxylation sites is 1. The Labute approximate surface area is 184 Å². The second-order valence-corrected chi connectivity index (χ2v) is 6.90. The maximum absolute atomic E-state index is 12.5.